The molecule has 0 aromatic carbocycles. The molecule has 0 aliphatic heterocycles. The van der Waals surface area contributed by atoms with Gasteiger partial charge in [0.1, 0.15) is 0 Å². The first-order valence-corrected chi connectivity index (χ1v) is 8.37. The highest BCUT2D eigenvalue weighted by atomic mass is 32.2. The third kappa shape index (κ3) is 3.83. The Labute approximate surface area is 122 Å². The van der Waals surface area contributed by atoms with Crippen molar-refractivity contribution in [3.05, 3.63) is 40.1 Å². The van der Waals surface area contributed by atoms with Gasteiger partial charge < -0.3 is 5.32 Å². The van der Waals surface area contributed by atoms with Crippen molar-refractivity contribution in [3.63, 3.8) is 0 Å². The Bertz CT molecular complexity index is 665. The molecule has 0 aliphatic carbocycles. The number of sulfonamides is 1. The Hall–Kier alpha value is -1.35. The molecule has 0 saturated carbocycles. The van der Waals surface area contributed by atoms with Gasteiger partial charge in [-0.1, -0.05) is 0 Å². The van der Waals surface area contributed by atoms with Gasteiger partial charge in [0, 0.05) is 23.0 Å². The molecule has 0 spiro atoms. The molecule has 108 valence electrons. The van der Waals surface area contributed by atoms with Gasteiger partial charge in [-0.25, -0.2) is 13.1 Å². The van der Waals surface area contributed by atoms with Crippen LogP contribution in [0.25, 0.3) is 0 Å². The fourth-order valence-corrected chi connectivity index (χ4v) is 3.82. The first kappa shape index (κ1) is 15.0. The van der Waals surface area contributed by atoms with Gasteiger partial charge in [-0.2, -0.15) is 0 Å². The lowest BCUT2D eigenvalue weighted by Gasteiger charge is -2.04. The normalized spacial score (nSPS) is 11.7. The zero-order valence-corrected chi connectivity index (χ0v) is 12.9. The second kappa shape index (κ2) is 6.40. The quantitative estimate of drug-likeness (QED) is 0.833. The van der Waals surface area contributed by atoms with Crippen LogP contribution in [0.3, 0.4) is 0 Å². The maximum atomic E-state index is 12.1. The van der Waals surface area contributed by atoms with E-state index in [1.165, 1.54) is 11.3 Å². The Morgan fingerprint density at radius 3 is 2.70 bits per heavy atom. The van der Waals surface area contributed by atoms with Crippen LogP contribution in [0.1, 0.15) is 16.3 Å². The molecule has 20 heavy (non-hydrogen) atoms. The lowest BCUT2D eigenvalue weighted by Crippen LogP contribution is -2.23. The first-order valence-electron chi connectivity index (χ1n) is 6.00. The van der Waals surface area contributed by atoms with Crippen LogP contribution in [0, 0.1) is 6.92 Å². The van der Waals surface area contributed by atoms with Crippen molar-refractivity contribution < 1.29 is 8.42 Å². The maximum absolute atomic E-state index is 12.1. The smallest absolute Gasteiger partial charge is 0.241 e. The third-order valence-corrected chi connectivity index (χ3v) is 5.04. The van der Waals surface area contributed by atoms with Gasteiger partial charge in [-0.05, 0) is 20.0 Å². The van der Waals surface area contributed by atoms with Gasteiger partial charge in [-0.15, -0.1) is 11.3 Å². The van der Waals surface area contributed by atoms with Crippen LogP contribution in [0.2, 0.25) is 0 Å². The molecule has 6 nitrogen and oxygen atoms in total. The predicted molar refractivity (Wildman–Crippen MR) is 77.9 cm³/mol. The van der Waals surface area contributed by atoms with E-state index in [0.29, 0.717) is 12.2 Å². The summed E-state index contributed by atoms with van der Waals surface area (Å²) in [6.45, 7) is 2.62. The molecule has 2 aromatic heterocycles. The minimum absolute atomic E-state index is 0.132. The van der Waals surface area contributed by atoms with E-state index >= 15 is 0 Å². The highest BCUT2D eigenvalue weighted by molar-refractivity contribution is 7.89. The number of nitrogens with one attached hydrogen (secondary N) is 2. The van der Waals surface area contributed by atoms with Crippen LogP contribution in [0.15, 0.2) is 28.7 Å². The Balaban J connectivity index is 2.04. The fourth-order valence-electron chi connectivity index (χ4n) is 1.53. The van der Waals surface area contributed by atoms with Crippen molar-refractivity contribution in [1.29, 1.82) is 0 Å². The average molecular weight is 312 g/mol. The largest absolute Gasteiger partial charge is 0.315 e. The van der Waals surface area contributed by atoms with Gasteiger partial charge in [0.25, 0.3) is 0 Å². The van der Waals surface area contributed by atoms with E-state index in [0.717, 1.165) is 10.6 Å². The third-order valence-electron chi connectivity index (χ3n) is 2.57. The fraction of sp³-hybridized carbons (Fsp3) is 0.333. The van der Waals surface area contributed by atoms with Crippen molar-refractivity contribution >= 4 is 21.4 Å². The number of hydrogen-bond donors (Lipinski definition) is 2. The molecule has 0 radical (unpaired) electrons. The number of nitrogens with zero attached hydrogens (tertiary/aromatic N) is 2. The first-order chi connectivity index (χ1) is 9.51. The van der Waals surface area contributed by atoms with Crippen LogP contribution in [0.4, 0.5) is 0 Å². The number of aromatic nitrogens is 2. The Kier molecular flexibility index (Phi) is 4.81. The summed E-state index contributed by atoms with van der Waals surface area (Å²) < 4.78 is 26.8. The summed E-state index contributed by atoms with van der Waals surface area (Å²) in [4.78, 5) is 9.45. The second-order valence-electron chi connectivity index (χ2n) is 4.25. The van der Waals surface area contributed by atoms with E-state index < -0.39 is 10.0 Å². The highest BCUT2D eigenvalue weighted by Crippen LogP contribution is 2.19. The van der Waals surface area contributed by atoms with Crippen LogP contribution in [-0.4, -0.2) is 25.4 Å². The van der Waals surface area contributed by atoms with Crippen molar-refractivity contribution in [2.45, 2.75) is 24.9 Å². The predicted octanol–water partition coefficient (Wildman–Crippen LogP) is 1.04. The van der Waals surface area contributed by atoms with E-state index in [1.807, 2.05) is 14.0 Å². The van der Waals surface area contributed by atoms with Crippen LogP contribution >= 0.6 is 11.3 Å². The molecule has 0 bridgehead atoms. The lowest BCUT2D eigenvalue weighted by atomic mass is 10.4. The Morgan fingerprint density at radius 1 is 1.25 bits per heavy atom. The van der Waals surface area contributed by atoms with Gasteiger partial charge >= 0.3 is 0 Å². The monoisotopic (exact) mass is 312 g/mol. The molecule has 0 unspecified atom stereocenters. The summed E-state index contributed by atoms with van der Waals surface area (Å²) in [6, 6.07) is 1.67. The summed E-state index contributed by atoms with van der Waals surface area (Å²) in [7, 11) is -1.68. The molecule has 0 fully saturated rings. The molecule has 0 saturated heterocycles. The summed E-state index contributed by atoms with van der Waals surface area (Å²) in [5.74, 6) is 0. The van der Waals surface area contributed by atoms with Crippen molar-refractivity contribution in [2.75, 3.05) is 7.05 Å². The summed E-state index contributed by atoms with van der Waals surface area (Å²) >= 11 is 1.41. The standard InChI is InChI=1S/C12H16N4O2S2/c1-9-4-15-10(5-14-9)6-16-20(17,18)12-3-11(7-13-2)19-8-12/h3-5,8,13,16H,6-7H2,1-2H3. The molecule has 2 rings (SSSR count). The van der Waals surface area contributed by atoms with Gasteiger partial charge in [-0.3, -0.25) is 9.97 Å². The zero-order valence-electron chi connectivity index (χ0n) is 11.3. The molecule has 2 N–H and O–H groups in total. The van der Waals surface area contributed by atoms with Gasteiger partial charge in [0.15, 0.2) is 0 Å². The van der Waals surface area contributed by atoms with E-state index in [2.05, 4.69) is 20.0 Å². The van der Waals surface area contributed by atoms with Crippen LogP contribution in [-0.2, 0) is 23.1 Å². The highest BCUT2D eigenvalue weighted by Gasteiger charge is 2.16. The van der Waals surface area contributed by atoms with Crippen LogP contribution < -0.4 is 10.0 Å². The van der Waals surface area contributed by atoms with Gasteiger partial charge in [0.05, 0.1) is 29.0 Å². The molecule has 2 aromatic rings. The summed E-state index contributed by atoms with van der Waals surface area (Å²) in [5, 5.41) is 4.62. The van der Waals surface area contributed by atoms with E-state index in [4.69, 9.17) is 0 Å². The SMILES string of the molecule is CNCc1cc(S(=O)(=O)NCc2cnc(C)cn2)cs1. The molecule has 2 heterocycles. The minimum atomic E-state index is -3.50. The Morgan fingerprint density at radius 2 is 2.05 bits per heavy atom. The lowest BCUT2D eigenvalue weighted by molar-refractivity contribution is 0.580. The number of aryl methyl sites for hydroxylation is 1. The number of rotatable bonds is 6. The molecular weight excluding hydrogens is 296 g/mol. The maximum Gasteiger partial charge on any atom is 0.241 e. The minimum Gasteiger partial charge on any atom is -0.315 e. The summed E-state index contributed by atoms with van der Waals surface area (Å²) in [6.07, 6.45) is 3.18. The zero-order chi connectivity index (χ0) is 14.6. The molecule has 0 amide bonds. The topological polar surface area (TPSA) is 84.0 Å². The van der Waals surface area contributed by atoms with E-state index in [1.54, 1.807) is 23.8 Å². The molecule has 8 heteroatoms. The molecule has 0 aliphatic rings. The van der Waals surface area contributed by atoms with E-state index in [9.17, 15) is 8.42 Å². The number of hydrogen-bond acceptors (Lipinski definition) is 6. The van der Waals surface area contributed by atoms with Gasteiger partial charge in [0.2, 0.25) is 10.0 Å². The van der Waals surface area contributed by atoms with Crippen molar-refractivity contribution in [1.82, 2.24) is 20.0 Å². The van der Waals surface area contributed by atoms with Crippen molar-refractivity contribution in [3.8, 4) is 0 Å². The average Bonchev–Trinajstić information content (AvgIpc) is 2.88. The van der Waals surface area contributed by atoms with E-state index in [-0.39, 0.29) is 11.4 Å². The van der Waals surface area contributed by atoms with Crippen LogP contribution in [0.5, 0.6) is 0 Å². The summed E-state index contributed by atoms with van der Waals surface area (Å²) in [5.41, 5.74) is 1.39. The number of thiophene rings is 1. The second-order valence-corrected chi connectivity index (χ2v) is 7.02. The van der Waals surface area contributed by atoms with Crippen molar-refractivity contribution in [2.24, 2.45) is 0 Å². The molecule has 0 atom stereocenters. The molecular formula is C12H16N4O2S2.